The van der Waals surface area contributed by atoms with E-state index < -0.39 is 17.7 Å². The fourth-order valence-corrected chi connectivity index (χ4v) is 5.40. The quantitative estimate of drug-likeness (QED) is 0.157. The van der Waals surface area contributed by atoms with Crippen LogP contribution >= 0.6 is 11.6 Å². The number of pyridine rings is 1. The molecule has 1 amide bonds. The van der Waals surface area contributed by atoms with Crippen LogP contribution in [0.15, 0.2) is 53.7 Å². The molecule has 0 saturated carbocycles. The lowest BCUT2D eigenvalue weighted by Gasteiger charge is -2.45. The van der Waals surface area contributed by atoms with Gasteiger partial charge in [0.05, 0.1) is 22.0 Å². The summed E-state index contributed by atoms with van der Waals surface area (Å²) < 4.78 is 31.1. The van der Waals surface area contributed by atoms with Crippen molar-refractivity contribution in [3.63, 3.8) is 0 Å². The van der Waals surface area contributed by atoms with E-state index in [4.69, 9.17) is 22.3 Å². The minimum absolute atomic E-state index is 0.0192. The van der Waals surface area contributed by atoms with Gasteiger partial charge < -0.3 is 20.9 Å². The molecule has 0 aliphatic carbocycles. The first kappa shape index (κ1) is 30.1. The number of amidine groups is 1. The highest BCUT2D eigenvalue weighted by Crippen LogP contribution is 2.36. The molecule has 13 heteroatoms. The van der Waals surface area contributed by atoms with E-state index in [2.05, 4.69) is 26.3 Å². The molecule has 2 aromatic heterocycles. The van der Waals surface area contributed by atoms with Gasteiger partial charge in [-0.3, -0.25) is 4.79 Å². The van der Waals surface area contributed by atoms with Crippen LogP contribution in [0, 0.1) is 5.82 Å². The summed E-state index contributed by atoms with van der Waals surface area (Å²) in [5, 5.41) is 3.42. The lowest BCUT2D eigenvalue weighted by molar-refractivity contribution is -0.130. The number of anilines is 3. The standard InChI is InChI=1S/C28H32ClFN8O2S/c1-6-22(39)37-12-17(5)38(13-16(37)4)28(36-41-40)19-11-20(29)24(18-9-7-8-10-21(18)30)34-27(19)35-25-23(15(2)3)32-14-33-26(25)31/h6-11,14-17,41H,1,12-13H2,2-5H3,(H,34,35)(H2,31,32,33)/b36-28+. The lowest BCUT2D eigenvalue weighted by Crippen LogP contribution is -2.59. The van der Waals surface area contributed by atoms with Crippen molar-refractivity contribution < 1.29 is 13.4 Å². The number of rotatable bonds is 7. The van der Waals surface area contributed by atoms with E-state index in [1.54, 1.807) is 29.2 Å². The van der Waals surface area contributed by atoms with Crippen molar-refractivity contribution in [2.75, 3.05) is 24.1 Å². The van der Waals surface area contributed by atoms with Crippen molar-refractivity contribution in [1.82, 2.24) is 24.8 Å². The van der Waals surface area contributed by atoms with Gasteiger partial charge >= 0.3 is 0 Å². The topological polar surface area (TPSA) is 130 Å². The van der Waals surface area contributed by atoms with Gasteiger partial charge in [-0.15, -0.1) is 0 Å². The summed E-state index contributed by atoms with van der Waals surface area (Å²) in [5.41, 5.74) is 8.14. The Morgan fingerprint density at radius 1 is 1.24 bits per heavy atom. The highest BCUT2D eigenvalue weighted by atomic mass is 35.5. The average molecular weight is 599 g/mol. The van der Waals surface area contributed by atoms with Crippen LogP contribution in [0.4, 0.5) is 21.7 Å². The second-order valence-corrected chi connectivity index (χ2v) is 10.8. The molecule has 10 nitrogen and oxygen atoms in total. The Balaban J connectivity index is 1.91. The first-order chi connectivity index (χ1) is 19.6. The number of halogens is 2. The molecule has 4 rings (SSSR count). The Morgan fingerprint density at radius 3 is 2.59 bits per heavy atom. The van der Waals surface area contributed by atoms with E-state index >= 15 is 0 Å². The molecule has 1 aliphatic heterocycles. The minimum atomic E-state index is -0.497. The van der Waals surface area contributed by atoms with Crippen LogP contribution in [0.1, 0.15) is 44.9 Å². The highest BCUT2D eigenvalue weighted by molar-refractivity contribution is 7.64. The molecular formula is C28H32ClFN8O2S. The van der Waals surface area contributed by atoms with Crippen LogP contribution in [0.5, 0.6) is 0 Å². The van der Waals surface area contributed by atoms with Crippen molar-refractivity contribution in [2.24, 2.45) is 4.40 Å². The predicted octanol–water partition coefficient (Wildman–Crippen LogP) is 4.49. The molecular weight excluding hydrogens is 567 g/mol. The summed E-state index contributed by atoms with van der Waals surface area (Å²) in [4.78, 5) is 29.4. The average Bonchev–Trinajstić information content (AvgIpc) is 2.94. The maximum Gasteiger partial charge on any atom is 0.246 e. The van der Waals surface area contributed by atoms with Crippen LogP contribution in [0.2, 0.25) is 5.02 Å². The zero-order chi connectivity index (χ0) is 29.8. The third-order valence-electron chi connectivity index (χ3n) is 6.89. The Labute approximate surface area is 247 Å². The first-order valence-corrected chi connectivity index (χ1v) is 14.1. The molecule has 3 heterocycles. The number of hydrogen-bond donors (Lipinski definition) is 3. The molecule has 1 aliphatic rings. The number of benzene rings is 1. The van der Waals surface area contributed by atoms with E-state index in [9.17, 15) is 13.4 Å². The Bertz CT molecular complexity index is 1520. The molecule has 1 fully saturated rings. The Hall–Kier alpha value is -3.90. The number of carbonyl (C=O) groups excluding carboxylic acids is 1. The van der Waals surface area contributed by atoms with Crippen molar-refractivity contribution in [3.05, 3.63) is 71.4 Å². The molecule has 0 bridgehead atoms. The van der Waals surface area contributed by atoms with Crippen molar-refractivity contribution in [3.8, 4) is 11.3 Å². The van der Waals surface area contributed by atoms with E-state index in [0.717, 1.165) is 0 Å². The molecule has 1 saturated heterocycles. The smallest absolute Gasteiger partial charge is 0.246 e. The lowest BCUT2D eigenvalue weighted by atomic mass is 10.0. The van der Waals surface area contributed by atoms with Gasteiger partial charge in [0.25, 0.3) is 0 Å². The SMILES string of the molecule is C=CC(=O)N1CC(C)N(/C(=N/[SH]=O)c2cc(Cl)c(-c3ccccc3F)nc2Nc2c(N)ncnc2C(C)C)CC1C. The number of piperazine rings is 1. The molecule has 0 radical (unpaired) electrons. The number of hydrogen-bond acceptors (Lipinski definition) is 7. The van der Waals surface area contributed by atoms with Gasteiger partial charge in [-0.1, -0.05) is 44.2 Å². The summed E-state index contributed by atoms with van der Waals surface area (Å²) >= 11 is 6.24. The zero-order valence-corrected chi connectivity index (χ0v) is 24.8. The number of aromatic nitrogens is 3. The number of nitrogen functional groups attached to an aromatic ring is 1. The number of carbonyl (C=O) groups is 1. The number of nitrogens with one attached hydrogen (secondary N) is 1. The van der Waals surface area contributed by atoms with Crippen molar-refractivity contribution >= 4 is 52.5 Å². The van der Waals surface area contributed by atoms with Crippen LogP contribution < -0.4 is 11.1 Å². The number of amides is 1. The van der Waals surface area contributed by atoms with Gasteiger partial charge in [0.2, 0.25) is 5.91 Å². The van der Waals surface area contributed by atoms with Gasteiger partial charge in [-0.05, 0) is 44.0 Å². The third kappa shape index (κ3) is 6.23. The largest absolute Gasteiger partial charge is 0.382 e. The summed E-state index contributed by atoms with van der Waals surface area (Å²) in [6, 6.07) is 7.36. The summed E-state index contributed by atoms with van der Waals surface area (Å²) in [6.45, 7) is 12.1. The summed E-state index contributed by atoms with van der Waals surface area (Å²) in [5.74, 6) is 0.0649. The van der Waals surface area contributed by atoms with Crippen molar-refractivity contribution in [1.29, 1.82) is 0 Å². The van der Waals surface area contributed by atoms with Gasteiger partial charge in [0, 0.05) is 30.7 Å². The molecule has 3 N–H and O–H groups in total. The fourth-order valence-electron chi connectivity index (χ4n) is 4.85. The summed E-state index contributed by atoms with van der Waals surface area (Å²) in [7, 11) is 0. The van der Waals surface area contributed by atoms with Crippen LogP contribution in [-0.2, 0) is 16.6 Å². The van der Waals surface area contributed by atoms with E-state index in [-0.39, 0.29) is 51.8 Å². The third-order valence-corrected chi connectivity index (χ3v) is 7.45. The normalized spacial score (nSPS) is 17.6. The van der Waals surface area contributed by atoms with Crippen LogP contribution in [0.25, 0.3) is 11.3 Å². The van der Waals surface area contributed by atoms with Crippen LogP contribution in [-0.4, -0.2) is 65.9 Å². The first-order valence-electron chi connectivity index (χ1n) is 13.0. The molecule has 1 aromatic carbocycles. The maximum absolute atomic E-state index is 14.9. The zero-order valence-electron chi connectivity index (χ0n) is 23.2. The maximum atomic E-state index is 14.9. The number of thiol groups is 1. The molecule has 3 aromatic rings. The Kier molecular flexibility index (Phi) is 9.34. The minimum Gasteiger partial charge on any atom is -0.382 e. The molecule has 216 valence electrons. The monoisotopic (exact) mass is 598 g/mol. The van der Waals surface area contributed by atoms with E-state index in [1.165, 1.54) is 18.5 Å². The van der Waals surface area contributed by atoms with E-state index in [1.807, 2.05) is 32.6 Å². The predicted molar refractivity (Wildman–Crippen MR) is 162 cm³/mol. The highest BCUT2D eigenvalue weighted by Gasteiger charge is 2.35. The van der Waals surface area contributed by atoms with Gasteiger partial charge in [-0.2, -0.15) is 4.40 Å². The number of nitrogens with zero attached hydrogens (tertiary/aromatic N) is 6. The Morgan fingerprint density at radius 2 is 1.93 bits per heavy atom. The molecule has 41 heavy (non-hydrogen) atoms. The fraction of sp³-hybridized carbons (Fsp3) is 0.321. The molecule has 2 atom stereocenters. The van der Waals surface area contributed by atoms with Gasteiger partial charge in [0.1, 0.15) is 35.5 Å². The molecule has 0 spiro atoms. The summed E-state index contributed by atoms with van der Waals surface area (Å²) in [6.07, 6.45) is 2.67. The van der Waals surface area contributed by atoms with Gasteiger partial charge in [-0.25, -0.2) is 23.6 Å². The van der Waals surface area contributed by atoms with Crippen LogP contribution in [0.3, 0.4) is 0 Å². The van der Waals surface area contributed by atoms with Gasteiger partial charge in [0.15, 0.2) is 11.7 Å². The second kappa shape index (κ2) is 12.7. The second-order valence-electron chi connectivity index (χ2n) is 10.0. The molecule has 2 unspecified atom stereocenters. The number of nitrogens with two attached hydrogens (primary N) is 1. The van der Waals surface area contributed by atoms with Crippen molar-refractivity contribution in [2.45, 2.75) is 45.7 Å². The van der Waals surface area contributed by atoms with E-state index in [0.29, 0.717) is 35.9 Å².